The summed E-state index contributed by atoms with van der Waals surface area (Å²) in [5.41, 5.74) is 8.27. The minimum Gasteiger partial charge on any atom is -0.366 e. The van der Waals surface area contributed by atoms with Gasteiger partial charge in [0.25, 0.3) is 0 Å². The quantitative estimate of drug-likeness (QED) is 0.504. The summed E-state index contributed by atoms with van der Waals surface area (Å²) in [5.74, 6) is -0.934. The highest BCUT2D eigenvalue weighted by Crippen LogP contribution is 2.34. The fourth-order valence-electron chi connectivity index (χ4n) is 3.33. The summed E-state index contributed by atoms with van der Waals surface area (Å²) in [4.78, 5) is 11.9. The molecule has 3 aromatic carbocycles. The van der Waals surface area contributed by atoms with Gasteiger partial charge >= 0.3 is 0 Å². The molecule has 0 unspecified atom stereocenters. The molecule has 0 atom stereocenters. The smallest absolute Gasteiger partial charge is 0.249 e. The van der Waals surface area contributed by atoms with Crippen LogP contribution in [0.15, 0.2) is 54.6 Å². The van der Waals surface area contributed by atoms with Gasteiger partial charge in [-0.3, -0.25) is 4.79 Å². The van der Waals surface area contributed by atoms with E-state index in [0.717, 1.165) is 16.6 Å². The molecule has 0 aliphatic rings. The molecule has 1 aromatic heterocycles. The van der Waals surface area contributed by atoms with Gasteiger partial charge in [0.05, 0.1) is 5.52 Å². The number of hydrogen-bond donors (Lipinski definition) is 1. The lowest BCUT2D eigenvalue weighted by atomic mass is 10.1. The van der Waals surface area contributed by atoms with Gasteiger partial charge in [0.1, 0.15) is 5.82 Å². The van der Waals surface area contributed by atoms with E-state index in [1.54, 1.807) is 36.4 Å². The van der Waals surface area contributed by atoms with Crippen LogP contribution in [0.5, 0.6) is 0 Å². The summed E-state index contributed by atoms with van der Waals surface area (Å²) in [6.45, 7) is 0.424. The summed E-state index contributed by atoms with van der Waals surface area (Å²) < 4.78 is 15.9. The topological polar surface area (TPSA) is 48.0 Å². The van der Waals surface area contributed by atoms with E-state index in [2.05, 4.69) is 0 Å². The summed E-state index contributed by atoms with van der Waals surface area (Å²) in [5, 5.41) is 2.42. The first-order chi connectivity index (χ1) is 12.5. The van der Waals surface area contributed by atoms with E-state index in [0.29, 0.717) is 32.9 Å². The molecule has 0 saturated heterocycles. The Balaban J connectivity index is 2.06. The zero-order valence-corrected chi connectivity index (χ0v) is 15.0. The molecule has 130 valence electrons. The number of amides is 1. The molecule has 0 radical (unpaired) electrons. The third kappa shape index (κ3) is 2.71. The highest BCUT2D eigenvalue weighted by molar-refractivity contribution is 6.33. The Bertz CT molecular complexity index is 1180. The van der Waals surface area contributed by atoms with Gasteiger partial charge in [-0.1, -0.05) is 29.3 Å². The van der Waals surface area contributed by atoms with Crippen molar-refractivity contribution in [3.05, 3.63) is 81.6 Å². The summed E-state index contributed by atoms with van der Waals surface area (Å²) in [7, 11) is 0. The molecule has 1 amide bonds. The second kappa shape index (κ2) is 6.31. The summed E-state index contributed by atoms with van der Waals surface area (Å²) >= 11 is 12.4. The van der Waals surface area contributed by atoms with Crippen molar-refractivity contribution < 1.29 is 9.18 Å². The zero-order chi connectivity index (χ0) is 18.4. The van der Waals surface area contributed by atoms with Crippen LogP contribution in [-0.4, -0.2) is 10.5 Å². The second-order valence-electron chi connectivity index (χ2n) is 6.05. The van der Waals surface area contributed by atoms with E-state index >= 15 is 0 Å². The largest absolute Gasteiger partial charge is 0.366 e. The van der Waals surface area contributed by atoms with Crippen molar-refractivity contribution in [1.29, 1.82) is 0 Å². The molecule has 26 heavy (non-hydrogen) atoms. The number of nitrogens with two attached hydrogens (primary N) is 1. The number of rotatable bonds is 3. The Kier molecular flexibility index (Phi) is 4.10. The molecule has 0 fully saturated rings. The molecule has 0 aliphatic heterocycles. The van der Waals surface area contributed by atoms with Crippen LogP contribution in [0.25, 0.3) is 21.8 Å². The van der Waals surface area contributed by atoms with Crippen molar-refractivity contribution in [1.82, 2.24) is 4.57 Å². The maximum Gasteiger partial charge on any atom is 0.249 e. The van der Waals surface area contributed by atoms with E-state index in [4.69, 9.17) is 28.9 Å². The van der Waals surface area contributed by atoms with E-state index < -0.39 is 5.91 Å². The number of carbonyl (C=O) groups excluding carboxylic acids is 1. The van der Waals surface area contributed by atoms with Crippen molar-refractivity contribution in [2.75, 3.05) is 0 Å². The molecule has 0 bridgehead atoms. The minimum atomic E-state index is -0.556. The van der Waals surface area contributed by atoms with Crippen LogP contribution in [0, 0.1) is 5.82 Å². The fourth-order valence-corrected chi connectivity index (χ4v) is 3.70. The third-order valence-electron chi connectivity index (χ3n) is 4.45. The summed E-state index contributed by atoms with van der Waals surface area (Å²) in [6.07, 6.45) is 0. The van der Waals surface area contributed by atoms with Gasteiger partial charge in [0.2, 0.25) is 5.91 Å². The van der Waals surface area contributed by atoms with Gasteiger partial charge in [-0.05, 0) is 54.1 Å². The van der Waals surface area contributed by atoms with Crippen molar-refractivity contribution in [3.63, 3.8) is 0 Å². The standard InChI is InChI=1S/C20H13Cl2FN2O/c21-12-4-6-16(22)11(8-12)10-25-17-7-5-13(23)9-15(17)19-14(20(24)26)2-1-3-18(19)25/h1-9H,10H2,(H2,24,26). The Hall–Kier alpha value is -2.56. The highest BCUT2D eigenvalue weighted by Gasteiger charge is 2.17. The Labute approximate surface area is 158 Å². The van der Waals surface area contributed by atoms with Crippen molar-refractivity contribution in [2.24, 2.45) is 5.73 Å². The average molecular weight is 387 g/mol. The molecule has 0 spiro atoms. The summed E-state index contributed by atoms with van der Waals surface area (Å²) in [6, 6.07) is 15.0. The number of hydrogen-bond acceptors (Lipinski definition) is 1. The Morgan fingerprint density at radius 3 is 2.62 bits per heavy atom. The number of aromatic nitrogens is 1. The normalized spacial score (nSPS) is 11.3. The van der Waals surface area contributed by atoms with Gasteiger partial charge in [-0.15, -0.1) is 0 Å². The monoisotopic (exact) mass is 386 g/mol. The maximum absolute atomic E-state index is 13.9. The van der Waals surface area contributed by atoms with E-state index in [-0.39, 0.29) is 5.82 Å². The zero-order valence-electron chi connectivity index (χ0n) is 13.5. The molecule has 4 rings (SSSR count). The van der Waals surface area contributed by atoms with E-state index in [1.807, 2.05) is 10.6 Å². The lowest BCUT2D eigenvalue weighted by molar-refractivity contribution is 0.100. The van der Waals surface area contributed by atoms with Gasteiger partial charge < -0.3 is 10.3 Å². The van der Waals surface area contributed by atoms with Crippen LogP contribution in [0.3, 0.4) is 0 Å². The molecule has 3 nitrogen and oxygen atoms in total. The molecule has 0 saturated carbocycles. The minimum absolute atomic E-state index is 0.356. The Morgan fingerprint density at radius 2 is 1.85 bits per heavy atom. The molecule has 6 heteroatoms. The molecular formula is C20H13Cl2FN2O. The van der Waals surface area contributed by atoms with Crippen LogP contribution in [0.1, 0.15) is 15.9 Å². The maximum atomic E-state index is 13.9. The second-order valence-corrected chi connectivity index (χ2v) is 6.89. The lowest BCUT2D eigenvalue weighted by Gasteiger charge is -2.10. The number of fused-ring (bicyclic) bond motifs is 3. The van der Waals surface area contributed by atoms with Crippen LogP contribution >= 0.6 is 23.2 Å². The molecule has 4 aromatic rings. The van der Waals surface area contributed by atoms with Crippen LogP contribution in [0.4, 0.5) is 4.39 Å². The van der Waals surface area contributed by atoms with Gasteiger partial charge in [-0.2, -0.15) is 0 Å². The number of carbonyl (C=O) groups is 1. The first-order valence-electron chi connectivity index (χ1n) is 7.90. The first kappa shape index (κ1) is 16.9. The molecular weight excluding hydrogens is 374 g/mol. The molecule has 0 aliphatic carbocycles. The number of halogens is 3. The van der Waals surface area contributed by atoms with Crippen molar-refractivity contribution in [2.45, 2.75) is 6.54 Å². The first-order valence-corrected chi connectivity index (χ1v) is 8.65. The van der Waals surface area contributed by atoms with E-state index in [9.17, 15) is 9.18 Å². The van der Waals surface area contributed by atoms with Crippen molar-refractivity contribution >= 4 is 50.9 Å². The molecule has 2 N–H and O–H groups in total. The predicted molar refractivity (Wildman–Crippen MR) is 103 cm³/mol. The predicted octanol–water partition coefficient (Wildman–Crippen LogP) is 5.39. The number of primary amides is 1. The van der Waals surface area contributed by atoms with Gasteiger partial charge in [0.15, 0.2) is 0 Å². The molecule has 1 heterocycles. The lowest BCUT2D eigenvalue weighted by Crippen LogP contribution is -2.11. The van der Waals surface area contributed by atoms with Crippen LogP contribution in [0.2, 0.25) is 10.0 Å². The SMILES string of the molecule is NC(=O)c1cccc2c1c1cc(F)ccc1n2Cc1cc(Cl)ccc1Cl. The number of nitrogens with zero attached hydrogens (tertiary/aromatic N) is 1. The third-order valence-corrected chi connectivity index (χ3v) is 5.06. The average Bonchev–Trinajstić information content (AvgIpc) is 2.91. The highest BCUT2D eigenvalue weighted by atomic mass is 35.5. The van der Waals surface area contributed by atoms with Crippen molar-refractivity contribution in [3.8, 4) is 0 Å². The van der Waals surface area contributed by atoms with Gasteiger partial charge in [0, 0.05) is 38.4 Å². The van der Waals surface area contributed by atoms with E-state index in [1.165, 1.54) is 12.1 Å². The van der Waals surface area contributed by atoms with Crippen LogP contribution in [-0.2, 0) is 6.54 Å². The van der Waals surface area contributed by atoms with Crippen LogP contribution < -0.4 is 5.73 Å². The van der Waals surface area contributed by atoms with Gasteiger partial charge in [-0.25, -0.2) is 4.39 Å². The Morgan fingerprint density at radius 1 is 1.04 bits per heavy atom. The fraction of sp³-hybridized carbons (Fsp3) is 0.0500. The number of benzene rings is 3.